The first-order valence-corrected chi connectivity index (χ1v) is 7.91. The summed E-state index contributed by atoms with van der Waals surface area (Å²) in [6.07, 6.45) is 0.642. The van der Waals surface area contributed by atoms with Crippen molar-refractivity contribution >= 4 is 21.6 Å². The van der Waals surface area contributed by atoms with E-state index in [-0.39, 0.29) is 17.3 Å². The van der Waals surface area contributed by atoms with Gasteiger partial charge in [-0.15, -0.1) is 0 Å². The van der Waals surface area contributed by atoms with Crippen LogP contribution < -0.4 is 5.32 Å². The van der Waals surface area contributed by atoms with Gasteiger partial charge in [0.2, 0.25) is 15.9 Å². The molecule has 0 unspecified atom stereocenters. The summed E-state index contributed by atoms with van der Waals surface area (Å²) in [5, 5.41) is 2.88. The summed E-state index contributed by atoms with van der Waals surface area (Å²) in [6.45, 7) is 0.839. The van der Waals surface area contributed by atoms with Crippen molar-refractivity contribution in [3.8, 4) is 0 Å². The average molecular weight is 297 g/mol. The molecule has 20 heavy (non-hydrogen) atoms. The zero-order chi connectivity index (χ0) is 14.8. The van der Waals surface area contributed by atoms with Gasteiger partial charge < -0.3 is 10.2 Å². The van der Waals surface area contributed by atoms with Gasteiger partial charge in [0.1, 0.15) is 4.90 Å². The number of rotatable bonds is 3. The zero-order valence-corrected chi connectivity index (χ0v) is 12.5. The molecule has 1 N–H and O–H groups in total. The Kier molecular flexibility index (Phi) is 4.29. The summed E-state index contributed by atoms with van der Waals surface area (Å²) in [4.78, 5) is 13.6. The molecule has 0 aromatic heterocycles. The second-order valence-corrected chi connectivity index (χ2v) is 6.66. The number of carbonyl (C=O) groups excluding carboxylic acids is 1. The van der Waals surface area contributed by atoms with Crippen molar-refractivity contribution in [3.05, 3.63) is 24.3 Å². The van der Waals surface area contributed by atoms with E-state index in [1.165, 1.54) is 4.31 Å². The number of benzene rings is 1. The van der Waals surface area contributed by atoms with Crippen molar-refractivity contribution in [1.82, 2.24) is 9.21 Å². The maximum absolute atomic E-state index is 12.7. The van der Waals surface area contributed by atoms with Gasteiger partial charge in [-0.3, -0.25) is 4.79 Å². The van der Waals surface area contributed by atoms with E-state index in [0.717, 1.165) is 0 Å². The second kappa shape index (κ2) is 5.80. The highest BCUT2D eigenvalue weighted by Gasteiger charge is 2.31. The van der Waals surface area contributed by atoms with Crippen LogP contribution in [0.2, 0.25) is 0 Å². The SMILES string of the molecule is CNc1ccccc1S(=O)(=O)N1CCCN(C)C(=O)C1. The van der Waals surface area contributed by atoms with Gasteiger partial charge in [-0.25, -0.2) is 8.42 Å². The van der Waals surface area contributed by atoms with Crippen molar-refractivity contribution in [1.29, 1.82) is 0 Å². The topological polar surface area (TPSA) is 69.7 Å². The molecule has 6 nitrogen and oxygen atoms in total. The standard InChI is InChI=1S/C13H19N3O3S/c1-14-11-6-3-4-7-12(11)20(18,19)16-9-5-8-15(2)13(17)10-16/h3-4,6-7,14H,5,8-10H2,1-2H3. The number of likely N-dealkylation sites (N-methyl/N-ethyl adjacent to an activating group) is 1. The number of nitrogens with zero attached hydrogens (tertiary/aromatic N) is 2. The first kappa shape index (κ1) is 14.8. The van der Waals surface area contributed by atoms with Crippen molar-refractivity contribution in [3.63, 3.8) is 0 Å². The van der Waals surface area contributed by atoms with Gasteiger partial charge in [0.25, 0.3) is 0 Å². The number of sulfonamides is 1. The molecule has 0 saturated carbocycles. The summed E-state index contributed by atoms with van der Waals surface area (Å²) in [7, 11) is -0.290. The maximum Gasteiger partial charge on any atom is 0.245 e. The Balaban J connectivity index is 2.37. The van der Waals surface area contributed by atoms with Gasteiger partial charge in [-0.05, 0) is 18.6 Å². The van der Waals surface area contributed by atoms with Gasteiger partial charge in [0.15, 0.2) is 0 Å². The number of para-hydroxylation sites is 1. The molecule has 110 valence electrons. The fraction of sp³-hybridized carbons (Fsp3) is 0.462. The zero-order valence-electron chi connectivity index (χ0n) is 11.7. The summed E-state index contributed by atoms with van der Waals surface area (Å²) in [5.74, 6) is -0.173. The normalized spacial score (nSPS) is 17.9. The Bertz CT molecular complexity index is 601. The third-order valence-corrected chi connectivity index (χ3v) is 5.32. The van der Waals surface area contributed by atoms with Crippen molar-refractivity contribution in [2.75, 3.05) is 39.0 Å². The summed E-state index contributed by atoms with van der Waals surface area (Å²) >= 11 is 0. The lowest BCUT2D eigenvalue weighted by atomic mass is 10.3. The molecule has 1 fully saturated rings. The molecule has 7 heteroatoms. The van der Waals surface area contributed by atoms with Crippen LogP contribution in [0, 0.1) is 0 Å². The van der Waals surface area contributed by atoms with E-state index in [0.29, 0.717) is 25.2 Å². The van der Waals surface area contributed by atoms with E-state index >= 15 is 0 Å². The number of anilines is 1. The van der Waals surface area contributed by atoms with Gasteiger partial charge in [-0.2, -0.15) is 4.31 Å². The molecule has 1 saturated heterocycles. The molecule has 1 heterocycles. The number of hydrogen-bond donors (Lipinski definition) is 1. The van der Waals surface area contributed by atoms with Crippen LogP contribution in [-0.4, -0.2) is 57.3 Å². The molecule has 0 radical (unpaired) electrons. The van der Waals surface area contributed by atoms with Crippen molar-refractivity contribution in [2.45, 2.75) is 11.3 Å². The fourth-order valence-electron chi connectivity index (χ4n) is 2.20. The molecule has 0 atom stereocenters. The molecule has 1 aromatic rings. The number of amides is 1. The predicted octanol–water partition coefficient (Wildman–Crippen LogP) is 0.581. The highest BCUT2D eigenvalue weighted by molar-refractivity contribution is 7.89. The lowest BCUT2D eigenvalue weighted by Crippen LogP contribution is -2.38. The van der Waals surface area contributed by atoms with Crippen LogP contribution in [0.25, 0.3) is 0 Å². The quantitative estimate of drug-likeness (QED) is 0.886. The van der Waals surface area contributed by atoms with Crippen molar-refractivity contribution < 1.29 is 13.2 Å². The van der Waals surface area contributed by atoms with Crippen LogP contribution in [0.3, 0.4) is 0 Å². The lowest BCUT2D eigenvalue weighted by Gasteiger charge is -2.21. The summed E-state index contributed by atoms with van der Waals surface area (Å²) in [6, 6.07) is 6.71. The van der Waals surface area contributed by atoms with Crippen LogP contribution in [-0.2, 0) is 14.8 Å². The summed E-state index contributed by atoms with van der Waals surface area (Å²) < 4.78 is 26.6. The number of carbonyl (C=O) groups is 1. The van der Waals surface area contributed by atoms with Crippen LogP contribution in [0.5, 0.6) is 0 Å². The fourth-order valence-corrected chi connectivity index (χ4v) is 3.83. The summed E-state index contributed by atoms with van der Waals surface area (Å²) in [5.41, 5.74) is 0.539. The highest BCUT2D eigenvalue weighted by Crippen LogP contribution is 2.24. The Morgan fingerprint density at radius 1 is 1.20 bits per heavy atom. The van der Waals surface area contributed by atoms with E-state index < -0.39 is 10.0 Å². The largest absolute Gasteiger partial charge is 0.387 e. The maximum atomic E-state index is 12.7. The van der Waals surface area contributed by atoms with Crippen LogP contribution in [0.15, 0.2) is 29.2 Å². The Labute approximate surface area is 119 Å². The average Bonchev–Trinajstić information content (AvgIpc) is 2.61. The van der Waals surface area contributed by atoms with Gasteiger partial charge >= 0.3 is 0 Å². The van der Waals surface area contributed by atoms with Crippen LogP contribution in [0.1, 0.15) is 6.42 Å². The molecule has 1 amide bonds. The molecular formula is C13H19N3O3S. The number of hydrogen-bond acceptors (Lipinski definition) is 4. The van der Waals surface area contributed by atoms with E-state index in [1.54, 1.807) is 43.3 Å². The minimum absolute atomic E-state index is 0.100. The third-order valence-electron chi connectivity index (χ3n) is 3.41. The molecular weight excluding hydrogens is 278 g/mol. The van der Waals surface area contributed by atoms with Crippen LogP contribution >= 0.6 is 0 Å². The minimum atomic E-state index is -3.66. The van der Waals surface area contributed by atoms with E-state index in [1.807, 2.05) is 0 Å². The van der Waals surface area contributed by atoms with E-state index in [4.69, 9.17) is 0 Å². The predicted molar refractivity (Wildman–Crippen MR) is 77.0 cm³/mol. The molecule has 0 bridgehead atoms. The molecule has 2 rings (SSSR count). The van der Waals surface area contributed by atoms with Gasteiger partial charge in [0, 0.05) is 27.2 Å². The highest BCUT2D eigenvalue weighted by atomic mass is 32.2. The van der Waals surface area contributed by atoms with E-state index in [9.17, 15) is 13.2 Å². The second-order valence-electron chi connectivity index (χ2n) is 4.75. The van der Waals surface area contributed by atoms with Gasteiger partial charge in [-0.1, -0.05) is 12.1 Å². The Morgan fingerprint density at radius 2 is 1.90 bits per heavy atom. The van der Waals surface area contributed by atoms with Gasteiger partial charge in [0.05, 0.1) is 12.2 Å². The van der Waals surface area contributed by atoms with Crippen molar-refractivity contribution in [2.24, 2.45) is 0 Å². The number of nitrogens with one attached hydrogen (secondary N) is 1. The minimum Gasteiger partial charge on any atom is -0.387 e. The van der Waals surface area contributed by atoms with Crippen LogP contribution in [0.4, 0.5) is 5.69 Å². The lowest BCUT2D eigenvalue weighted by molar-refractivity contribution is -0.129. The molecule has 0 spiro atoms. The Morgan fingerprint density at radius 3 is 2.60 bits per heavy atom. The van der Waals surface area contributed by atoms with E-state index in [2.05, 4.69) is 5.32 Å². The first-order valence-electron chi connectivity index (χ1n) is 6.47. The monoisotopic (exact) mass is 297 g/mol. The molecule has 1 aromatic carbocycles. The third kappa shape index (κ3) is 2.78. The first-order chi connectivity index (χ1) is 9.46. The molecule has 1 aliphatic rings. The smallest absolute Gasteiger partial charge is 0.245 e. The Hall–Kier alpha value is -1.60. The molecule has 1 aliphatic heterocycles. The molecule has 0 aliphatic carbocycles.